The van der Waals surface area contributed by atoms with E-state index >= 15 is 0 Å². The van der Waals surface area contributed by atoms with E-state index in [4.69, 9.17) is 10.5 Å². The predicted molar refractivity (Wildman–Crippen MR) is 144 cm³/mol. The molecule has 4 nitrogen and oxygen atoms in total. The van der Waals surface area contributed by atoms with Crippen LogP contribution in [-0.2, 0) is 30.5 Å². The monoisotopic (exact) mass is 487 g/mol. The first-order valence-corrected chi connectivity index (χ1v) is 11.6. The van der Waals surface area contributed by atoms with Gasteiger partial charge in [-0.25, -0.2) is 0 Å². The second kappa shape index (κ2) is 16.2. The topological polar surface area (TPSA) is 76.7 Å². The van der Waals surface area contributed by atoms with Gasteiger partial charge in [0, 0.05) is 18.5 Å². The van der Waals surface area contributed by atoms with Crippen LogP contribution in [0.4, 0.5) is 0 Å². The van der Waals surface area contributed by atoms with Crippen molar-refractivity contribution < 1.29 is 4.79 Å². The molecule has 3 aromatic carbocycles. The fourth-order valence-corrected chi connectivity index (χ4v) is 3.86. The number of benzene rings is 3. The number of nitriles is 2. The highest BCUT2D eigenvalue weighted by molar-refractivity contribution is 5.85. The van der Waals surface area contributed by atoms with Crippen LogP contribution in [0.25, 0.3) is 0 Å². The first-order valence-electron chi connectivity index (χ1n) is 11.6. The molecule has 0 unspecified atom stereocenters. The molecule has 1 N–H and O–H groups in total. The number of ketones is 1. The third-order valence-corrected chi connectivity index (χ3v) is 5.38. The van der Waals surface area contributed by atoms with Crippen molar-refractivity contribution in [2.45, 2.75) is 58.5 Å². The van der Waals surface area contributed by atoms with Gasteiger partial charge in [-0.15, -0.1) is 12.4 Å². The average molecular weight is 488 g/mol. The van der Waals surface area contributed by atoms with Gasteiger partial charge >= 0.3 is 0 Å². The van der Waals surface area contributed by atoms with E-state index in [0.29, 0.717) is 31.3 Å². The molecule has 0 aromatic heterocycles. The molecular formula is C30H34ClN3O. The molecule has 0 saturated heterocycles. The van der Waals surface area contributed by atoms with Crippen LogP contribution >= 0.6 is 12.4 Å². The number of carbonyl (C=O) groups excluding carboxylic acids is 1. The number of nitrogens with one attached hydrogen (secondary N) is 1. The number of halogens is 1. The zero-order valence-electron chi connectivity index (χ0n) is 20.7. The first kappa shape index (κ1) is 29.6. The second-order valence-electron chi connectivity index (χ2n) is 8.59. The Bertz CT molecular complexity index is 1130. The van der Waals surface area contributed by atoms with Crippen LogP contribution in [0.2, 0.25) is 0 Å². The van der Waals surface area contributed by atoms with Crippen molar-refractivity contribution in [1.29, 1.82) is 10.5 Å². The van der Waals surface area contributed by atoms with Crippen LogP contribution in [0.3, 0.4) is 0 Å². The van der Waals surface area contributed by atoms with Crippen molar-refractivity contribution in [2.24, 2.45) is 0 Å². The van der Waals surface area contributed by atoms with Crippen molar-refractivity contribution in [3.8, 4) is 12.1 Å². The Morgan fingerprint density at radius 3 is 1.86 bits per heavy atom. The summed E-state index contributed by atoms with van der Waals surface area (Å²) in [7, 11) is 0. The van der Waals surface area contributed by atoms with E-state index in [1.807, 2.05) is 42.5 Å². The number of carbonyl (C=O) groups is 1. The summed E-state index contributed by atoms with van der Waals surface area (Å²) in [5, 5.41) is 20.9. The maximum atomic E-state index is 10.8. The minimum atomic E-state index is 0. The molecule has 0 amide bonds. The Morgan fingerprint density at radius 2 is 1.31 bits per heavy atom. The number of hydrogen-bond acceptors (Lipinski definition) is 4. The van der Waals surface area contributed by atoms with Gasteiger partial charge in [0.2, 0.25) is 0 Å². The van der Waals surface area contributed by atoms with Crippen molar-refractivity contribution in [3.05, 3.63) is 107 Å². The third kappa shape index (κ3) is 11.5. The van der Waals surface area contributed by atoms with Crippen LogP contribution in [0.15, 0.2) is 78.9 Å². The van der Waals surface area contributed by atoms with Gasteiger partial charge in [0.1, 0.15) is 5.78 Å². The summed E-state index contributed by atoms with van der Waals surface area (Å²) in [5.41, 5.74) is 5.64. The molecule has 182 valence electrons. The lowest BCUT2D eigenvalue weighted by Crippen LogP contribution is -2.30. The molecule has 0 bridgehead atoms. The minimum Gasteiger partial charge on any atom is -0.307 e. The van der Waals surface area contributed by atoms with Gasteiger partial charge in [0.25, 0.3) is 0 Å². The number of Topliss-reactive ketones (excluding diaryl/α,β-unsaturated/α-hetero) is 1. The third-order valence-electron chi connectivity index (χ3n) is 5.38. The molecule has 5 heteroatoms. The van der Waals surface area contributed by atoms with E-state index in [1.54, 1.807) is 6.92 Å². The van der Waals surface area contributed by atoms with Crippen LogP contribution < -0.4 is 5.32 Å². The van der Waals surface area contributed by atoms with Gasteiger partial charge in [-0.1, -0.05) is 78.9 Å². The number of rotatable bonds is 9. The SMILES string of the molecule is CC(=O)Cc1cccc(CC#N)c1.C[C@H](Cc1cccc(CC#N)c1)N[C@H](C)c1ccccc1.Cl. The van der Waals surface area contributed by atoms with E-state index in [1.165, 1.54) is 11.1 Å². The zero-order valence-corrected chi connectivity index (χ0v) is 21.5. The number of hydrogen-bond donors (Lipinski definition) is 1. The zero-order chi connectivity index (χ0) is 24.8. The van der Waals surface area contributed by atoms with Crippen molar-refractivity contribution in [2.75, 3.05) is 0 Å². The molecule has 0 saturated carbocycles. The standard InChI is InChI=1S/C19H22N2.C11H11NO.ClH/c1-15(21-16(2)19-9-4-3-5-10-19)13-18-8-6-7-17(14-18)11-12-20;1-9(13)7-11-4-2-3-10(8-11)5-6-12;/h3-10,14-16,21H,11,13H2,1-2H3;2-4,8H,5,7H2,1H3;1H/t15-,16-;;/m1../s1. The van der Waals surface area contributed by atoms with E-state index in [2.05, 4.69) is 67.7 Å². The lowest BCUT2D eigenvalue weighted by atomic mass is 10.0. The fourth-order valence-electron chi connectivity index (χ4n) is 3.86. The van der Waals surface area contributed by atoms with Crippen molar-refractivity contribution in [1.82, 2.24) is 5.32 Å². The largest absolute Gasteiger partial charge is 0.307 e. The molecular weight excluding hydrogens is 454 g/mol. The van der Waals surface area contributed by atoms with Gasteiger partial charge < -0.3 is 5.32 Å². The predicted octanol–water partition coefficient (Wildman–Crippen LogP) is 6.34. The highest BCUT2D eigenvalue weighted by Gasteiger charge is 2.10. The van der Waals surface area contributed by atoms with Crippen molar-refractivity contribution >= 4 is 18.2 Å². The van der Waals surface area contributed by atoms with Gasteiger partial charge in [-0.3, -0.25) is 4.79 Å². The normalized spacial score (nSPS) is 11.5. The maximum absolute atomic E-state index is 10.8. The van der Waals surface area contributed by atoms with Gasteiger partial charge in [-0.2, -0.15) is 10.5 Å². The molecule has 0 heterocycles. The molecule has 0 aliphatic heterocycles. The summed E-state index contributed by atoms with van der Waals surface area (Å²) in [5.74, 6) is 0.147. The summed E-state index contributed by atoms with van der Waals surface area (Å²) < 4.78 is 0. The lowest BCUT2D eigenvalue weighted by molar-refractivity contribution is -0.116. The average Bonchev–Trinajstić information content (AvgIpc) is 2.80. The molecule has 0 aliphatic carbocycles. The summed E-state index contributed by atoms with van der Waals surface area (Å²) >= 11 is 0. The highest BCUT2D eigenvalue weighted by atomic mass is 35.5. The maximum Gasteiger partial charge on any atom is 0.134 e. The summed E-state index contributed by atoms with van der Waals surface area (Å²) in [6, 6.07) is 31.4. The van der Waals surface area contributed by atoms with E-state index < -0.39 is 0 Å². The molecule has 3 aromatic rings. The van der Waals surface area contributed by atoms with Gasteiger partial charge in [-0.05, 0) is 55.0 Å². The minimum absolute atomic E-state index is 0. The second-order valence-corrected chi connectivity index (χ2v) is 8.59. The Balaban J connectivity index is 0.000000378. The van der Waals surface area contributed by atoms with E-state index in [9.17, 15) is 4.79 Å². The number of nitrogens with zero attached hydrogens (tertiary/aromatic N) is 2. The molecule has 35 heavy (non-hydrogen) atoms. The highest BCUT2D eigenvalue weighted by Crippen LogP contribution is 2.14. The van der Waals surface area contributed by atoms with E-state index in [-0.39, 0.29) is 18.2 Å². The summed E-state index contributed by atoms with van der Waals surface area (Å²) in [4.78, 5) is 10.8. The molecule has 2 atom stereocenters. The van der Waals surface area contributed by atoms with Crippen LogP contribution in [0, 0.1) is 22.7 Å². The molecule has 3 rings (SSSR count). The van der Waals surface area contributed by atoms with Gasteiger partial charge in [0.05, 0.1) is 25.0 Å². The summed E-state index contributed by atoms with van der Waals surface area (Å²) in [6.45, 7) is 5.96. The lowest BCUT2D eigenvalue weighted by Gasteiger charge is -2.20. The van der Waals surface area contributed by atoms with E-state index in [0.717, 1.165) is 23.1 Å². The molecule has 0 aliphatic rings. The Hall–Kier alpha value is -3.44. The van der Waals surface area contributed by atoms with Crippen LogP contribution in [0.5, 0.6) is 0 Å². The summed E-state index contributed by atoms with van der Waals surface area (Å²) in [6.07, 6.45) is 2.32. The quantitative estimate of drug-likeness (QED) is 0.382. The smallest absolute Gasteiger partial charge is 0.134 e. The van der Waals surface area contributed by atoms with Crippen molar-refractivity contribution in [3.63, 3.8) is 0 Å². The van der Waals surface area contributed by atoms with Gasteiger partial charge in [0.15, 0.2) is 0 Å². The van der Waals surface area contributed by atoms with Crippen LogP contribution in [0.1, 0.15) is 54.6 Å². The fraction of sp³-hybridized carbons (Fsp3) is 0.300. The van der Waals surface area contributed by atoms with Crippen LogP contribution in [-0.4, -0.2) is 11.8 Å². The molecule has 0 fully saturated rings. The Labute approximate surface area is 216 Å². The molecule has 0 radical (unpaired) electrons. The Kier molecular flexibility index (Phi) is 13.7. The first-order chi connectivity index (χ1) is 16.4. The Morgan fingerprint density at radius 1 is 0.800 bits per heavy atom. The molecule has 0 spiro atoms.